The number of rotatable bonds is 7. The zero-order chi connectivity index (χ0) is 12.7. The molecule has 17 heavy (non-hydrogen) atoms. The van der Waals surface area contributed by atoms with Crippen LogP contribution < -0.4 is 10.1 Å². The summed E-state index contributed by atoms with van der Waals surface area (Å²) in [7, 11) is 0. The normalized spacial score (nSPS) is 14.4. The van der Waals surface area contributed by atoms with Gasteiger partial charge >= 0.3 is 0 Å². The Hall–Kier alpha value is -1.06. The summed E-state index contributed by atoms with van der Waals surface area (Å²) < 4.78 is 5.44. The van der Waals surface area contributed by atoms with Gasteiger partial charge < -0.3 is 15.2 Å². The van der Waals surface area contributed by atoms with E-state index in [0.717, 1.165) is 24.4 Å². The predicted octanol–water partition coefficient (Wildman–Crippen LogP) is 2.29. The van der Waals surface area contributed by atoms with Gasteiger partial charge in [0.15, 0.2) is 0 Å². The van der Waals surface area contributed by atoms with E-state index >= 15 is 0 Å². The highest BCUT2D eigenvalue weighted by atomic mass is 16.5. The molecule has 0 radical (unpaired) electrons. The summed E-state index contributed by atoms with van der Waals surface area (Å²) in [4.78, 5) is 0. The summed E-state index contributed by atoms with van der Waals surface area (Å²) in [6, 6.07) is 7.68. The van der Waals surface area contributed by atoms with Crippen LogP contribution in [0, 0.1) is 0 Å². The average molecular weight is 237 g/mol. The van der Waals surface area contributed by atoms with E-state index in [2.05, 4.69) is 12.2 Å². The van der Waals surface area contributed by atoms with E-state index in [4.69, 9.17) is 4.74 Å². The number of benzene rings is 1. The van der Waals surface area contributed by atoms with Gasteiger partial charge in [-0.2, -0.15) is 0 Å². The molecule has 0 aromatic heterocycles. The monoisotopic (exact) mass is 237 g/mol. The molecule has 2 N–H and O–H groups in total. The maximum Gasteiger partial charge on any atom is 0.119 e. The van der Waals surface area contributed by atoms with Crippen LogP contribution in [0.2, 0.25) is 0 Å². The molecule has 1 aromatic carbocycles. The van der Waals surface area contributed by atoms with Gasteiger partial charge in [0.25, 0.3) is 0 Å². The molecule has 3 nitrogen and oxygen atoms in total. The first-order chi connectivity index (χ1) is 8.10. The number of hydrogen-bond donors (Lipinski definition) is 2. The van der Waals surface area contributed by atoms with Crippen molar-refractivity contribution < 1.29 is 9.84 Å². The van der Waals surface area contributed by atoms with Crippen molar-refractivity contribution in [2.75, 3.05) is 19.7 Å². The smallest absolute Gasteiger partial charge is 0.119 e. The Balaban J connectivity index is 2.71. The lowest BCUT2D eigenvalue weighted by Gasteiger charge is -2.24. The molecule has 3 heteroatoms. The van der Waals surface area contributed by atoms with E-state index in [1.165, 1.54) is 0 Å². The molecule has 0 aliphatic rings. The van der Waals surface area contributed by atoms with Gasteiger partial charge in [0.1, 0.15) is 5.75 Å². The third kappa shape index (κ3) is 4.36. The predicted molar refractivity (Wildman–Crippen MR) is 70.3 cm³/mol. The minimum atomic E-state index is -0.810. The Morgan fingerprint density at radius 3 is 2.76 bits per heavy atom. The Kier molecular flexibility index (Phi) is 5.45. The summed E-state index contributed by atoms with van der Waals surface area (Å²) in [6.45, 7) is 8.23. The number of nitrogens with one attached hydrogen (secondary N) is 1. The van der Waals surface area contributed by atoms with Gasteiger partial charge in [-0.05, 0) is 51.1 Å². The Morgan fingerprint density at radius 1 is 1.35 bits per heavy atom. The fourth-order valence-corrected chi connectivity index (χ4v) is 1.74. The molecule has 1 rings (SSSR count). The molecule has 1 atom stereocenters. The van der Waals surface area contributed by atoms with Gasteiger partial charge in [-0.1, -0.05) is 19.1 Å². The standard InChI is InChI=1S/C14H23NO2/c1-4-15-10-9-14(3,16)12-7-6-8-13(11-12)17-5-2/h6-8,11,15-16H,4-5,9-10H2,1-3H3. The largest absolute Gasteiger partial charge is 0.494 e. The maximum atomic E-state index is 10.4. The molecule has 0 saturated heterocycles. The molecule has 0 saturated carbocycles. The number of ether oxygens (including phenoxy) is 1. The third-order valence-electron chi connectivity index (χ3n) is 2.81. The first kappa shape index (κ1) is 14.0. The third-order valence-corrected chi connectivity index (χ3v) is 2.81. The molecule has 96 valence electrons. The minimum Gasteiger partial charge on any atom is -0.494 e. The van der Waals surface area contributed by atoms with Crippen LogP contribution in [-0.2, 0) is 5.60 Å². The fraction of sp³-hybridized carbons (Fsp3) is 0.571. The first-order valence-electron chi connectivity index (χ1n) is 6.26. The second-order valence-corrected chi connectivity index (χ2v) is 4.34. The summed E-state index contributed by atoms with van der Waals surface area (Å²) >= 11 is 0. The van der Waals surface area contributed by atoms with Crippen molar-refractivity contribution in [1.82, 2.24) is 5.32 Å². The van der Waals surface area contributed by atoms with Crippen molar-refractivity contribution in [3.8, 4) is 5.75 Å². The van der Waals surface area contributed by atoms with Crippen LogP contribution in [0.25, 0.3) is 0 Å². The quantitative estimate of drug-likeness (QED) is 0.715. The van der Waals surface area contributed by atoms with Crippen LogP contribution >= 0.6 is 0 Å². The van der Waals surface area contributed by atoms with Gasteiger partial charge in [0.05, 0.1) is 12.2 Å². The van der Waals surface area contributed by atoms with Gasteiger partial charge in [0.2, 0.25) is 0 Å². The Morgan fingerprint density at radius 2 is 2.12 bits per heavy atom. The van der Waals surface area contributed by atoms with Gasteiger partial charge in [-0.3, -0.25) is 0 Å². The molecule has 0 aliphatic carbocycles. The lowest BCUT2D eigenvalue weighted by Crippen LogP contribution is -2.27. The van der Waals surface area contributed by atoms with Gasteiger partial charge in [-0.25, -0.2) is 0 Å². The number of aliphatic hydroxyl groups is 1. The van der Waals surface area contributed by atoms with E-state index in [9.17, 15) is 5.11 Å². The fourth-order valence-electron chi connectivity index (χ4n) is 1.74. The van der Waals surface area contributed by atoms with Crippen molar-refractivity contribution in [1.29, 1.82) is 0 Å². The van der Waals surface area contributed by atoms with E-state index in [1.54, 1.807) is 0 Å². The lowest BCUT2D eigenvalue weighted by atomic mass is 9.92. The van der Waals surface area contributed by atoms with Crippen molar-refractivity contribution in [2.24, 2.45) is 0 Å². The van der Waals surface area contributed by atoms with Crippen LogP contribution in [0.1, 0.15) is 32.8 Å². The van der Waals surface area contributed by atoms with Crippen LogP contribution in [-0.4, -0.2) is 24.8 Å². The van der Waals surface area contributed by atoms with Crippen molar-refractivity contribution in [3.05, 3.63) is 29.8 Å². The maximum absolute atomic E-state index is 10.4. The molecule has 0 amide bonds. The second-order valence-electron chi connectivity index (χ2n) is 4.34. The molecular weight excluding hydrogens is 214 g/mol. The molecule has 0 fully saturated rings. The SMILES string of the molecule is CCNCCC(C)(O)c1cccc(OCC)c1. The van der Waals surface area contributed by atoms with E-state index in [-0.39, 0.29) is 0 Å². The molecular formula is C14H23NO2. The molecule has 0 spiro atoms. The van der Waals surface area contributed by atoms with Crippen LogP contribution in [0.5, 0.6) is 5.75 Å². The minimum absolute atomic E-state index is 0.642. The van der Waals surface area contributed by atoms with Crippen LogP contribution in [0.15, 0.2) is 24.3 Å². The zero-order valence-electron chi connectivity index (χ0n) is 11.0. The molecule has 1 unspecified atom stereocenters. The molecule has 0 aliphatic heterocycles. The Bertz CT molecular complexity index is 337. The number of hydrogen-bond acceptors (Lipinski definition) is 3. The van der Waals surface area contributed by atoms with Gasteiger partial charge in [0, 0.05) is 0 Å². The summed E-state index contributed by atoms with van der Waals surface area (Å²) in [6.07, 6.45) is 0.691. The summed E-state index contributed by atoms with van der Waals surface area (Å²) in [5, 5.41) is 13.6. The van der Waals surface area contributed by atoms with E-state index in [0.29, 0.717) is 13.0 Å². The average Bonchev–Trinajstić information content (AvgIpc) is 2.30. The van der Waals surface area contributed by atoms with Crippen molar-refractivity contribution in [2.45, 2.75) is 32.8 Å². The van der Waals surface area contributed by atoms with Crippen LogP contribution in [0.3, 0.4) is 0 Å². The highest BCUT2D eigenvalue weighted by Crippen LogP contribution is 2.27. The van der Waals surface area contributed by atoms with Crippen LogP contribution in [0.4, 0.5) is 0 Å². The van der Waals surface area contributed by atoms with Crippen molar-refractivity contribution in [3.63, 3.8) is 0 Å². The van der Waals surface area contributed by atoms with E-state index < -0.39 is 5.60 Å². The van der Waals surface area contributed by atoms with Gasteiger partial charge in [-0.15, -0.1) is 0 Å². The highest BCUT2D eigenvalue weighted by molar-refractivity contribution is 5.32. The lowest BCUT2D eigenvalue weighted by molar-refractivity contribution is 0.0479. The summed E-state index contributed by atoms with van der Waals surface area (Å²) in [5.41, 5.74) is 0.0938. The zero-order valence-corrected chi connectivity index (χ0v) is 11.0. The molecule has 0 bridgehead atoms. The van der Waals surface area contributed by atoms with E-state index in [1.807, 2.05) is 38.1 Å². The van der Waals surface area contributed by atoms with Crippen molar-refractivity contribution >= 4 is 0 Å². The Labute approximate surface area is 104 Å². The first-order valence-corrected chi connectivity index (χ1v) is 6.26. The molecule has 0 heterocycles. The highest BCUT2D eigenvalue weighted by Gasteiger charge is 2.22. The topological polar surface area (TPSA) is 41.5 Å². The second kappa shape index (κ2) is 6.62. The molecule has 1 aromatic rings. The summed E-state index contributed by atoms with van der Waals surface area (Å²) in [5.74, 6) is 0.814.